The molecule has 2 aromatic rings. The number of benzene rings is 1. The Kier molecular flexibility index (Phi) is 6.21. The first-order valence-corrected chi connectivity index (χ1v) is 11.8. The maximum Gasteiger partial charge on any atom is 0.243 e. The molecule has 3 rings (SSSR count). The summed E-state index contributed by atoms with van der Waals surface area (Å²) in [5.41, 5.74) is 3.76. The Morgan fingerprint density at radius 1 is 1.18 bits per heavy atom. The van der Waals surface area contributed by atoms with Crippen molar-refractivity contribution in [2.45, 2.75) is 57.9 Å². The number of aromatic nitrogens is 1. The summed E-state index contributed by atoms with van der Waals surface area (Å²) >= 11 is 1.59. The molecular formula is C20H27N3O3S2. The van der Waals surface area contributed by atoms with Crippen LogP contribution in [0, 0.1) is 20.8 Å². The Morgan fingerprint density at radius 3 is 2.46 bits per heavy atom. The van der Waals surface area contributed by atoms with Gasteiger partial charge in [0.05, 0.1) is 22.1 Å². The molecule has 0 bridgehead atoms. The molecule has 0 aliphatic carbocycles. The molecule has 1 aromatic carbocycles. The van der Waals surface area contributed by atoms with Crippen molar-refractivity contribution in [2.24, 2.45) is 0 Å². The lowest BCUT2D eigenvalue weighted by molar-refractivity contribution is -0.119. The van der Waals surface area contributed by atoms with Gasteiger partial charge in [0.1, 0.15) is 0 Å². The second kappa shape index (κ2) is 8.31. The van der Waals surface area contributed by atoms with Crippen molar-refractivity contribution in [2.75, 3.05) is 13.1 Å². The van der Waals surface area contributed by atoms with E-state index in [1.165, 1.54) is 6.92 Å². The minimum atomic E-state index is -3.48. The molecule has 1 aliphatic rings. The highest BCUT2D eigenvalue weighted by molar-refractivity contribution is 7.89. The number of hydrogen-bond donors (Lipinski definition) is 1. The number of aryl methyl sites for hydroxylation is 3. The summed E-state index contributed by atoms with van der Waals surface area (Å²) in [6.07, 6.45) is 1.52. The minimum Gasteiger partial charge on any atom is -0.351 e. The fourth-order valence-corrected chi connectivity index (χ4v) is 6.25. The Labute approximate surface area is 171 Å². The van der Waals surface area contributed by atoms with Crippen LogP contribution < -0.4 is 5.32 Å². The van der Waals surface area contributed by atoms with Crippen LogP contribution in [0.1, 0.15) is 53.1 Å². The van der Waals surface area contributed by atoms with Crippen LogP contribution in [-0.2, 0) is 21.4 Å². The Morgan fingerprint density at radius 2 is 1.82 bits per heavy atom. The predicted molar refractivity (Wildman–Crippen MR) is 111 cm³/mol. The van der Waals surface area contributed by atoms with E-state index in [2.05, 4.69) is 10.3 Å². The van der Waals surface area contributed by atoms with Gasteiger partial charge in [-0.1, -0.05) is 6.07 Å². The summed E-state index contributed by atoms with van der Waals surface area (Å²) in [7, 11) is -3.48. The second-order valence-corrected chi connectivity index (χ2v) is 10.3. The number of piperidine rings is 1. The maximum atomic E-state index is 13.1. The van der Waals surface area contributed by atoms with Crippen LogP contribution >= 0.6 is 11.3 Å². The van der Waals surface area contributed by atoms with Gasteiger partial charge in [-0.2, -0.15) is 4.31 Å². The monoisotopic (exact) mass is 421 g/mol. The van der Waals surface area contributed by atoms with Gasteiger partial charge in [-0.25, -0.2) is 13.4 Å². The average Bonchev–Trinajstić information content (AvgIpc) is 3.12. The van der Waals surface area contributed by atoms with Crippen molar-refractivity contribution in [3.05, 3.63) is 44.9 Å². The summed E-state index contributed by atoms with van der Waals surface area (Å²) in [6, 6.07) is 3.74. The average molecular weight is 422 g/mol. The molecule has 1 N–H and O–H groups in total. The lowest BCUT2D eigenvalue weighted by Crippen LogP contribution is -2.38. The van der Waals surface area contributed by atoms with Gasteiger partial charge in [-0.15, -0.1) is 11.3 Å². The number of carbonyl (C=O) groups is 1. The summed E-state index contributed by atoms with van der Waals surface area (Å²) in [5.74, 6) is 0.193. The third-order valence-corrected chi connectivity index (χ3v) is 8.40. The number of rotatable bonds is 5. The van der Waals surface area contributed by atoms with E-state index in [9.17, 15) is 13.2 Å². The van der Waals surface area contributed by atoms with Gasteiger partial charge < -0.3 is 5.32 Å². The van der Waals surface area contributed by atoms with Crippen molar-refractivity contribution < 1.29 is 13.2 Å². The van der Waals surface area contributed by atoms with Crippen LogP contribution in [0.4, 0.5) is 0 Å². The fourth-order valence-electron chi connectivity index (χ4n) is 3.50. The highest BCUT2D eigenvalue weighted by Crippen LogP contribution is 2.33. The van der Waals surface area contributed by atoms with Crippen molar-refractivity contribution >= 4 is 27.3 Å². The third kappa shape index (κ3) is 4.45. The molecule has 0 spiro atoms. The molecule has 8 heteroatoms. The van der Waals surface area contributed by atoms with Gasteiger partial charge in [0.2, 0.25) is 15.9 Å². The zero-order valence-electron chi connectivity index (χ0n) is 16.8. The van der Waals surface area contributed by atoms with Gasteiger partial charge in [-0.05, 0) is 56.4 Å². The minimum absolute atomic E-state index is 0.0744. The first-order valence-electron chi connectivity index (χ1n) is 9.45. The normalized spacial score (nSPS) is 16.3. The topological polar surface area (TPSA) is 79.4 Å². The van der Waals surface area contributed by atoms with Gasteiger partial charge >= 0.3 is 0 Å². The molecule has 28 heavy (non-hydrogen) atoms. The van der Waals surface area contributed by atoms with Crippen LogP contribution in [-0.4, -0.2) is 36.7 Å². The number of sulfonamides is 1. The van der Waals surface area contributed by atoms with Crippen molar-refractivity contribution in [3.63, 3.8) is 0 Å². The van der Waals surface area contributed by atoms with Crippen molar-refractivity contribution in [3.8, 4) is 0 Å². The number of thiazole rings is 1. The molecule has 1 amide bonds. The zero-order chi connectivity index (χ0) is 20.5. The van der Waals surface area contributed by atoms with Crippen molar-refractivity contribution in [1.29, 1.82) is 0 Å². The molecule has 2 heterocycles. The summed E-state index contributed by atoms with van der Waals surface area (Å²) < 4.78 is 27.9. The summed E-state index contributed by atoms with van der Waals surface area (Å²) in [6.45, 7) is 8.73. The van der Waals surface area contributed by atoms with Crippen LogP contribution in [0.5, 0.6) is 0 Å². The van der Waals surface area contributed by atoms with Crippen LogP contribution in [0.2, 0.25) is 0 Å². The quantitative estimate of drug-likeness (QED) is 0.804. The Balaban J connectivity index is 1.68. The Hall–Kier alpha value is -1.77. The first kappa shape index (κ1) is 21.0. The molecule has 152 valence electrons. The number of nitrogens with one attached hydrogen (secondary N) is 1. The molecule has 0 saturated carbocycles. The second-order valence-electron chi connectivity index (χ2n) is 7.47. The van der Waals surface area contributed by atoms with E-state index in [0.717, 1.165) is 40.2 Å². The molecule has 1 fully saturated rings. The molecule has 6 nitrogen and oxygen atoms in total. The molecule has 1 aliphatic heterocycles. The Bertz CT molecular complexity index is 975. The molecular weight excluding hydrogens is 394 g/mol. The largest absolute Gasteiger partial charge is 0.351 e. The molecule has 1 aromatic heterocycles. The van der Waals surface area contributed by atoms with Crippen molar-refractivity contribution in [1.82, 2.24) is 14.6 Å². The lowest BCUT2D eigenvalue weighted by Gasteiger charge is -2.31. The van der Waals surface area contributed by atoms with E-state index < -0.39 is 10.0 Å². The summed E-state index contributed by atoms with van der Waals surface area (Å²) in [4.78, 5) is 16.1. The summed E-state index contributed by atoms with van der Waals surface area (Å²) in [5, 5.41) is 5.75. The first-order chi connectivity index (χ1) is 13.2. The van der Waals surface area contributed by atoms with Crippen LogP contribution in [0.15, 0.2) is 22.4 Å². The van der Waals surface area contributed by atoms with E-state index >= 15 is 0 Å². The highest BCUT2D eigenvalue weighted by atomic mass is 32.2. The molecule has 0 atom stereocenters. The SMILES string of the molecule is CC(=O)NCc1csc(C2CCN(S(=O)(=O)c3cc(C)c(C)cc3C)CC2)n1. The molecule has 1 saturated heterocycles. The predicted octanol–water partition coefficient (Wildman–Crippen LogP) is 3.27. The smallest absolute Gasteiger partial charge is 0.243 e. The molecule has 0 radical (unpaired) electrons. The number of nitrogens with zero attached hydrogens (tertiary/aromatic N) is 2. The van der Waals surface area contributed by atoms with Gasteiger partial charge in [0.15, 0.2) is 0 Å². The van der Waals surface area contributed by atoms with E-state index in [1.807, 2.05) is 32.2 Å². The lowest BCUT2D eigenvalue weighted by atomic mass is 9.99. The van der Waals surface area contributed by atoms with E-state index in [-0.39, 0.29) is 11.8 Å². The van der Waals surface area contributed by atoms with Crippen LogP contribution in [0.3, 0.4) is 0 Å². The molecule has 0 unspecified atom stereocenters. The highest BCUT2D eigenvalue weighted by Gasteiger charge is 2.32. The van der Waals surface area contributed by atoms with Gasteiger partial charge in [-0.3, -0.25) is 4.79 Å². The van der Waals surface area contributed by atoms with Gasteiger partial charge in [0.25, 0.3) is 0 Å². The fraction of sp³-hybridized carbons (Fsp3) is 0.500. The zero-order valence-corrected chi connectivity index (χ0v) is 18.4. The number of carbonyl (C=O) groups excluding carboxylic acids is 1. The maximum absolute atomic E-state index is 13.1. The third-order valence-electron chi connectivity index (χ3n) is 5.30. The van der Waals surface area contributed by atoms with E-state index in [1.54, 1.807) is 21.7 Å². The van der Waals surface area contributed by atoms with E-state index in [0.29, 0.717) is 24.5 Å². The van der Waals surface area contributed by atoms with E-state index in [4.69, 9.17) is 0 Å². The number of hydrogen-bond acceptors (Lipinski definition) is 5. The van der Waals surface area contributed by atoms with Crippen LogP contribution in [0.25, 0.3) is 0 Å². The number of amides is 1. The van der Waals surface area contributed by atoms with Gasteiger partial charge in [0, 0.05) is 31.3 Å². The standard InChI is InChI=1S/C20H27N3O3S2/c1-13-9-15(3)19(10-14(13)2)28(25,26)23-7-5-17(6-8-23)20-22-18(12-27-20)11-21-16(4)24/h9-10,12,17H,5-8,11H2,1-4H3,(H,21,24).